The Morgan fingerprint density at radius 1 is 1.10 bits per heavy atom. The minimum Gasteiger partial charge on any atom is -0.368 e. The largest absolute Gasteiger partial charge is 0.368 e. The van der Waals surface area contributed by atoms with Crippen molar-refractivity contribution in [3.8, 4) is 0 Å². The van der Waals surface area contributed by atoms with Crippen molar-refractivity contribution in [3.63, 3.8) is 0 Å². The zero-order valence-corrected chi connectivity index (χ0v) is 13.7. The summed E-state index contributed by atoms with van der Waals surface area (Å²) in [5, 5.41) is 10.3. The molecule has 2 nitrogen and oxygen atoms in total. The number of aliphatic hydroxyl groups is 1. The summed E-state index contributed by atoms with van der Waals surface area (Å²) in [5.74, 6) is 3.03. The Kier molecular flexibility index (Phi) is 3.70. The van der Waals surface area contributed by atoms with Gasteiger partial charge >= 0.3 is 0 Å². The second kappa shape index (κ2) is 4.98. The van der Waals surface area contributed by atoms with E-state index in [9.17, 15) is 5.11 Å². The van der Waals surface area contributed by atoms with E-state index < -0.39 is 6.29 Å². The van der Waals surface area contributed by atoms with Crippen LogP contribution in [0.3, 0.4) is 0 Å². The van der Waals surface area contributed by atoms with Crippen molar-refractivity contribution in [2.75, 3.05) is 0 Å². The predicted octanol–water partition coefficient (Wildman–Crippen LogP) is 4.36. The summed E-state index contributed by atoms with van der Waals surface area (Å²) in [5.41, 5.74) is 0.141. The SMILES string of the molecule is CCC(C)C(O)OC(C)(C)C12CC3CC(CC(C3)C1)C2. The molecule has 0 aromatic rings. The summed E-state index contributed by atoms with van der Waals surface area (Å²) < 4.78 is 6.23. The molecule has 4 aliphatic carbocycles. The van der Waals surface area contributed by atoms with Crippen LogP contribution in [0.15, 0.2) is 0 Å². The average molecular weight is 280 g/mol. The molecule has 4 bridgehead atoms. The van der Waals surface area contributed by atoms with E-state index in [1.54, 1.807) is 0 Å². The second-order valence-electron chi connectivity index (χ2n) is 8.60. The molecule has 0 heterocycles. The smallest absolute Gasteiger partial charge is 0.157 e. The van der Waals surface area contributed by atoms with Crippen LogP contribution in [-0.4, -0.2) is 17.0 Å². The van der Waals surface area contributed by atoms with Gasteiger partial charge in [0.1, 0.15) is 0 Å². The van der Waals surface area contributed by atoms with Crippen molar-refractivity contribution in [2.24, 2.45) is 29.1 Å². The van der Waals surface area contributed by atoms with Crippen LogP contribution in [0.4, 0.5) is 0 Å². The van der Waals surface area contributed by atoms with Crippen molar-refractivity contribution < 1.29 is 9.84 Å². The Labute approximate surface area is 124 Å². The molecular weight excluding hydrogens is 248 g/mol. The van der Waals surface area contributed by atoms with E-state index in [-0.39, 0.29) is 11.5 Å². The molecule has 2 unspecified atom stereocenters. The van der Waals surface area contributed by atoms with Gasteiger partial charge in [0.25, 0.3) is 0 Å². The average Bonchev–Trinajstić information content (AvgIpc) is 2.35. The summed E-state index contributed by atoms with van der Waals surface area (Å²) >= 11 is 0. The normalized spacial score (nSPS) is 42.8. The van der Waals surface area contributed by atoms with Crippen molar-refractivity contribution >= 4 is 0 Å². The maximum absolute atomic E-state index is 10.3. The minimum atomic E-state index is -0.608. The molecular formula is C18H32O2. The van der Waals surface area contributed by atoms with Gasteiger partial charge in [0.2, 0.25) is 0 Å². The highest BCUT2D eigenvalue weighted by Gasteiger charge is 2.58. The molecule has 2 heteroatoms. The van der Waals surface area contributed by atoms with Crippen LogP contribution < -0.4 is 0 Å². The Bertz CT molecular complexity index is 325. The zero-order valence-electron chi connectivity index (χ0n) is 13.7. The van der Waals surface area contributed by atoms with Crippen LogP contribution in [0.5, 0.6) is 0 Å². The molecule has 4 aliphatic rings. The lowest BCUT2D eigenvalue weighted by Gasteiger charge is -2.62. The highest BCUT2D eigenvalue weighted by atomic mass is 16.6. The van der Waals surface area contributed by atoms with Gasteiger partial charge in [0.15, 0.2) is 6.29 Å². The summed E-state index contributed by atoms with van der Waals surface area (Å²) in [6.45, 7) is 8.69. The summed E-state index contributed by atoms with van der Waals surface area (Å²) in [6.07, 6.45) is 8.74. The van der Waals surface area contributed by atoms with Crippen LogP contribution in [0, 0.1) is 29.1 Å². The van der Waals surface area contributed by atoms with Gasteiger partial charge in [-0.05, 0) is 82.0 Å². The highest BCUT2D eigenvalue weighted by Crippen LogP contribution is 2.64. The van der Waals surface area contributed by atoms with Gasteiger partial charge in [0, 0.05) is 5.92 Å². The predicted molar refractivity (Wildman–Crippen MR) is 81.2 cm³/mol. The molecule has 0 amide bonds. The lowest BCUT2D eigenvalue weighted by atomic mass is 9.46. The van der Waals surface area contributed by atoms with E-state index in [2.05, 4.69) is 27.7 Å². The Morgan fingerprint density at radius 2 is 1.55 bits per heavy atom. The van der Waals surface area contributed by atoms with Crippen molar-refractivity contribution in [1.29, 1.82) is 0 Å². The van der Waals surface area contributed by atoms with E-state index in [4.69, 9.17) is 4.74 Å². The maximum atomic E-state index is 10.3. The van der Waals surface area contributed by atoms with Gasteiger partial charge in [0.05, 0.1) is 5.60 Å². The summed E-state index contributed by atoms with van der Waals surface area (Å²) in [4.78, 5) is 0. The first-order chi connectivity index (χ1) is 9.35. The number of rotatable bonds is 5. The number of hydrogen-bond donors (Lipinski definition) is 1. The quantitative estimate of drug-likeness (QED) is 0.758. The molecule has 2 atom stereocenters. The van der Waals surface area contributed by atoms with E-state index in [0.717, 1.165) is 24.2 Å². The molecule has 0 radical (unpaired) electrons. The fraction of sp³-hybridized carbons (Fsp3) is 1.00. The van der Waals surface area contributed by atoms with Gasteiger partial charge in [-0.25, -0.2) is 0 Å². The van der Waals surface area contributed by atoms with Gasteiger partial charge < -0.3 is 9.84 Å². The van der Waals surface area contributed by atoms with E-state index in [0.29, 0.717) is 5.41 Å². The lowest BCUT2D eigenvalue weighted by Crippen LogP contribution is -2.58. The van der Waals surface area contributed by atoms with Crippen LogP contribution in [0.25, 0.3) is 0 Å². The molecule has 0 aliphatic heterocycles. The fourth-order valence-electron chi connectivity index (χ4n) is 5.59. The molecule has 1 N–H and O–H groups in total. The second-order valence-corrected chi connectivity index (χ2v) is 8.60. The molecule has 20 heavy (non-hydrogen) atoms. The Morgan fingerprint density at radius 3 is 1.95 bits per heavy atom. The highest BCUT2D eigenvalue weighted by molar-refractivity contribution is 5.08. The molecule has 116 valence electrons. The Balaban J connectivity index is 1.76. The monoisotopic (exact) mass is 280 g/mol. The number of ether oxygens (including phenoxy) is 1. The van der Waals surface area contributed by atoms with Gasteiger partial charge in [-0.1, -0.05) is 13.8 Å². The van der Waals surface area contributed by atoms with Crippen molar-refractivity contribution in [3.05, 3.63) is 0 Å². The van der Waals surface area contributed by atoms with Gasteiger partial charge in [-0.2, -0.15) is 0 Å². The van der Waals surface area contributed by atoms with Crippen LogP contribution >= 0.6 is 0 Å². The van der Waals surface area contributed by atoms with E-state index in [1.807, 2.05) is 0 Å². The van der Waals surface area contributed by atoms with Crippen LogP contribution in [-0.2, 0) is 4.74 Å². The molecule has 4 saturated carbocycles. The van der Waals surface area contributed by atoms with Crippen molar-refractivity contribution in [1.82, 2.24) is 0 Å². The maximum Gasteiger partial charge on any atom is 0.157 e. The topological polar surface area (TPSA) is 29.5 Å². The summed E-state index contributed by atoms with van der Waals surface area (Å²) in [7, 11) is 0. The van der Waals surface area contributed by atoms with Crippen LogP contribution in [0.2, 0.25) is 0 Å². The first-order valence-corrected chi connectivity index (χ1v) is 8.71. The molecule has 0 aromatic heterocycles. The third kappa shape index (κ3) is 2.33. The van der Waals surface area contributed by atoms with Crippen LogP contribution in [0.1, 0.15) is 72.6 Å². The fourth-order valence-corrected chi connectivity index (χ4v) is 5.59. The third-order valence-corrected chi connectivity index (χ3v) is 6.86. The zero-order chi connectivity index (χ0) is 14.5. The van der Waals surface area contributed by atoms with Crippen molar-refractivity contribution in [2.45, 2.75) is 84.5 Å². The number of hydrogen-bond acceptors (Lipinski definition) is 2. The number of aliphatic hydroxyl groups excluding tert-OH is 1. The summed E-state index contributed by atoms with van der Waals surface area (Å²) in [6, 6.07) is 0. The third-order valence-electron chi connectivity index (χ3n) is 6.86. The minimum absolute atomic E-state index is 0.189. The van der Waals surface area contributed by atoms with E-state index >= 15 is 0 Å². The lowest BCUT2D eigenvalue weighted by molar-refractivity contribution is -0.262. The van der Waals surface area contributed by atoms with Gasteiger partial charge in [-0.15, -0.1) is 0 Å². The Hall–Kier alpha value is -0.0800. The molecule has 4 fully saturated rings. The molecule has 4 rings (SSSR count). The van der Waals surface area contributed by atoms with Gasteiger partial charge in [-0.3, -0.25) is 0 Å². The molecule has 0 aromatic carbocycles. The molecule has 0 saturated heterocycles. The first kappa shape index (κ1) is 14.8. The standard InChI is InChI=1S/C18H32O2/c1-5-12(2)16(19)20-17(3,4)18-9-13-6-14(10-18)8-15(7-13)11-18/h12-16,19H,5-11H2,1-4H3. The van der Waals surface area contributed by atoms with E-state index in [1.165, 1.54) is 38.5 Å². The first-order valence-electron chi connectivity index (χ1n) is 8.71. The molecule has 0 spiro atoms.